The van der Waals surface area contributed by atoms with Gasteiger partial charge in [0.05, 0.1) is 10.8 Å². The number of nitrogens with zero attached hydrogens (tertiary/aromatic N) is 4. The van der Waals surface area contributed by atoms with Gasteiger partial charge in [-0.25, -0.2) is 4.98 Å². The first-order valence-electron chi connectivity index (χ1n) is 7.29. The minimum Gasteiger partial charge on any atom is -0.339 e. The predicted molar refractivity (Wildman–Crippen MR) is 87.7 cm³/mol. The Morgan fingerprint density at radius 1 is 1.39 bits per heavy atom. The molecule has 1 atom stereocenters. The van der Waals surface area contributed by atoms with Crippen LogP contribution in [0, 0.1) is 6.92 Å². The number of hydrogen-bond acceptors (Lipinski definition) is 7. The Bertz CT molecular complexity index is 824. The van der Waals surface area contributed by atoms with Crippen molar-refractivity contribution in [1.82, 2.24) is 20.0 Å². The first-order chi connectivity index (χ1) is 11.2. The fourth-order valence-corrected chi connectivity index (χ4v) is 4.28. The molecule has 1 saturated heterocycles. The maximum absolute atomic E-state index is 12.6. The predicted octanol–water partition coefficient (Wildman–Crippen LogP) is 3.19. The van der Waals surface area contributed by atoms with Crippen molar-refractivity contribution < 1.29 is 9.32 Å². The van der Waals surface area contributed by atoms with Gasteiger partial charge < -0.3 is 9.42 Å². The van der Waals surface area contributed by atoms with Gasteiger partial charge in [-0.2, -0.15) is 4.98 Å². The number of thiazole rings is 1. The molecule has 0 bridgehead atoms. The maximum Gasteiger partial charge on any atom is 0.273 e. The van der Waals surface area contributed by atoms with Crippen LogP contribution in [0.4, 0.5) is 0 Å². The molecule has 1 fully saturated rings. The average molecular weight is 346 g/mol. The van der Waals surface area contributed by atoms with E-state index in [1.165, 1.54) is 11.3 Å². The molecule has 3 aromatic heterocycles. The molecule has 4 heterocycles. The maximum atomic E-state index is 12.6. The zero-order valence-electron chi connectivity index (χ0n) is 12.4. The number of aromatic nitrogens is 3. The third-order valence-corrected chi connectivity index (χ3v) is 5.70. The molecule has 3 aromatic rings. The third-order valence-electron chi connectivity index (χ3n) is 3.82. The molecular formula is C15H14N4O2S2. The van der Waals surface area contributed by atoms with Gasteiger partial charge in [0.15, 0.2) is 5.82 Å². The van der Waals surface area contributed by atoms with E-state index < -0.39 is 0 Å². The Balaban J connectivity index is 1.48. The first-order valence-corrected chi connectivity index (χ1v) is 9.05. The lowest BCUT2D eigenvalue weighted by molar-refractivity contribution is 0.0784. The standard InChI is InChI=1S/C15H14N4O2S2/c1-9-16-13(21-18-9)10-4-5-19(7-10)15(20)11-8-23-14(17-11)12-3-2-6-22-12/h2-3,6,8,10H,4-5,7H2,1H3/t10-/m1/s1. The van der Waals surface area contributed by atoms with E-state index in [1.54, 1.807) is 18.3 Å². The monoisotopic (exact) mass is 346 g/mol. The summed E-state index contributed by atoms with van der Waals surface area (Å²) in [7, 11) is 0. The summed E-state index contributed by atoms with van der Waals surface area (Å²) < 4.78 is 5.22. The zero-order chi connectivity index (χ0) is 15.8. The number of rotatable bonds is 3. The molecule has 0 aliphatic carbocycles. The Hall–Kier alpha value is -2.06. The Kier molecular flexibility index (Phi) is 3.70. The van der Waals surface area contributed by atoms with E-state index in [1.807, 2.05) is 27.8 Å². The molecule has 4 rings (SSSR count). The lowest BCUT2D eigenvalue weighted by atomic mass is 10.1. The fourth-order valence-electron chi connectivity index (χ4n) is 2.67. The molecule has 118 valence electrons. The highest BCUT2D eigenvalue weighted by molar-refractivity contribution is 7.20. The molecule has 0 radical (unpaired) electrons. The van der Waals surface area contributed by atoms with Crippen LogP contribution in [-0.2, 0) is 0 Å². The van der Waals surface area contributed by atoms with Gasteiger partial charge in [-0.15, -0.1) is 22.7 Å². The summed E-state index contributed by atoms with van der Waals surface area (Å²) in [6, 6.07) is 4.00. The van der Waals surface area contributed by atoms with Crippen molar-refractivity contribution in [2.75, 3.05) is 13.1 Å². The van der Waals surface area contributed by atoms with Crippen LogP contribution in [0.15, 0.2) is 27.4 Å². The minimum absolute atomic E-state index is 0.0252. The zero-order valence-corrected chi connectivity index (χ0v) is 14.1. The topological polar surface area (TPSA) is 72.1 Å². The largest absolute Gasteiger partial charge is 0.339 e. The Labute approximate surface area is 140 Å². The summed E-state index contributed by atoms with van der Waals surface area (Å²) >= 11 is 3.13. The van der Waals surface area contributed by atoms with Crippen LogP contribution in [0.1, 0.15) is 34.5 Å². The van der Waals surface area contributed by atoms with Crippen LogP contribution in [0.5, 0.6) is 0 Å². The molecule has 0 spiro atoms. The van der Waals surface area contributed by atoms with Crippen molar-refractivity contribution in [2.45, 2.75) is 19.3 Å². The molecule has 0 aromatic carbocycles. The van der Waals surface area contributed by atoms with Gasteiger partial charge in [0.1, 0.15) is 10.7 Å². The van der Waals surface area contributed by atoms with Crippen molar-refractivity contribution in [3.63, 3.8) is 0 Å². The molecule has 8 heteroatoms. The molecule has 6 nitrogen and oxygen atoms in total. The SMILES string of the molecule is Cc1noc([C@@H]2CCN(C(=O)c3csc(-c4cccs4)n3)C2)n1. The number of likely N-dealkylation sites (tertiary alicyclic amines) is 1. The molecule has 23 heavy (non-hydrogen) atoms. The third kappa shape index (κ3) is 2.79. The van der Waals surface area contributed by atoms with E-state index in [0.29, 0.717) is 30.5 Å². The number of carbonyl (C=O) groups is 1. The van der Waals surface area contributed by atoms with Crippen molar-refractivity contribution in [3.05, 3.63) is 40.3 Å². The molecule has 1 aliphatic heterocycles. The second kappa shape index (κ2) is 5.86. The van der Waals surface area contributed by atoms with Crippen LogP contribution in [-0.4, -0.2) is 39.0 Å². The molecule has 0 saturated carbocycles. The van der Waals surface area contributed by atoms with Crippen molar-refractivity contribution in [3.8, 4) is 9.88 Å². The number of carbonyl (C=O) groups excluding carboxylic acids is 1. The highest BCUT2D eigenvalue weighted by Crippen LogP contribution is 2.30. The Morgan fingerprint density at radius 3 is 3.04 bits per heavy atom. The van der Waals surface area contributed by atoms with Gasteiger partial charge in [-0.05, 0) is 24.8 Å². The number of hydrogen-bond donors (Lipinski definition) is 0. The van der Waals surface area contributed by atoms with Gasteiger partial charge in [0.2, 0.25) is 5.89 Å². The summed E-state index contributed by atoms with van der Waals surface area (Å²) in [5, 5.41) is 8.56. The Morgan fingerprint density at radius 2 is 2.30 bits per heavy atom. The minimum atomic E-state index is -0.0252. The smallest absolute Gasteiger partial charge is 0.273 e. The molecule has 1 aliphatic rings. The van der Waals surface area contributed by atoms with Crippen LogP contribution in [0.25, 0.3) is 9.88 Å². The number of amides is 1. The van der Waals surface area contributed by atoms with Gasteiger partial charge in [-0.3, -0.25) is 4.79 Å². The van der Waals surface area contributed by atoms with E-state index in [2.05, 4.69) is 15.1 Å². The second-order valence-corrected chi connectivity index (χ2v) is 7.24. The van der Waals surface area contributed by atoms with E-state index in [9.17, 15) is 4.79 Å². The molecule has 0 N–H and O–H groups in total. The van der Waals surface area contributed by atoms with Crippen molar-refractivity contribution in [2.24, 2.45) is 0 Å². The summed E-state index contributed by atoms with van der Waals surface area (Å²) in [4.78, 5) is 24.3. The van der Waals surface area contributed by atoms with E-state index in [0.717, 1.165) is 16.3 Å². The summed E-state index contributed by atoms with van der Waals surface area (Å²) in [6.45, 7) is 3.09. The first kappa shape index (κ1) is 14.5. The van der Waals surface area contributed by atoms with Crippen molar-refractivity contribution in [1.29, 1.82) is 0 Å². The van der Waals surface area contributed by atoms with E-state index in [-0.39, 0.29) is 11.8 Å². The lowest BCUT2D eigenvalue weighted by Crippen LogP contribution is -2.28. The van der Waals surface area contributed by atoms with Crippen LogP contribution in [0.3, 0.4) is 0 Å². The van der Waals surface area contributed by atoms with Gasteiger partial charge in [0.25, 0.3) is 5.91 Å². The summed E-state index contributed by atoms with van der Waals surface area (Å²) in [5.41, 5.74) is 0.515. The van der Waals surface area contributed by atoms with Crippen LogP contribution >= 0.6 is 22.7 Å². The molecule has 1 amide bonds. The van der Waals surface area contributed by atoms with Gasteiger partial charge in [0, 0.05) is 18.5 Å². The normalized spacial score (nSPS) is 17.8. The van der Waals surface area contributed by atoms with E-state index in [4.69, 9.17) is 4.52 Å². The van der Waals surface area contributed by atoms with Gasteiger partial charge in [-0.1, -0.05) is 11.2 Å². The molecular weight excluding hydrogens is 332 g/mol. The van der Waals surface area contributed by atoms with Crippen molar-refractivity contribution >= 4 is 28.6 Å². The van der Waals surface area contributed by atoms with E-state index >= 15 is 0 Å². The average Bonchev–Trinajstić information content (AvgIpc) is 3.31. The molecule has 0 unspecified atom stereocenters. The second-order valence-electron chi connectivity index (χ2n) is 5.43. The number of thiophene rings is 1. The van der Waals surface area contributed by atoms with Gasteiger partial charge >= 0.3 is 0 Å². The summed E-state index contributed by atoms with van der Waals surface area (Å²) in [5.74, 6) is 1.35. The quantitative estimate of drug-likeness (QED) is 0.728. The fraction of sp³-hybridized carbons (Fsp3) is 0.333. The lowest BCUT2D eigenvalue weighted by Gasteiger charge is -2.13. The highest BCUT2D eigenvalue weighted by Gasteiger charge is 2.32. The highest BCUT2D eigenvalue weighted by atomic mass is 32.1. The summed E-state index contributed by atoms with van der Waals surface area (Å²) in [6.07, 6.45) is 0.843. The van der Waals surface area contributed by atoms with Crippen LogP contribution in [0.2, 0.25) is 0 Å². The van der Waals surface area contributed by atoms with Crippen LogP contribution < -0.4 is 0 Å². The number of aryl methyl sites for hydroxylation is 1.